The van der Waals surface area contributed by atoms with Crippen molar-refractivity contribution < 1.29 is 14.3 Å². The van der Waals surface area contributed by atoms with Crippen LogP contribution in [0.15, 0.2) is 24.3 Å². The first-order chi connectivity index (χ1) is 10.9. The van der Waals surface area contributed by atoms with E-state index in [-0.39, 0.29) is 17.9 Å². The molecule has 3 N–H and O–H groups in total. The van der Waals surface area contributed by atoms with Crippen LogP contribution in [-0.2, 0) is 9.53 Å². The zero-order valence-electron chi connectivity index (χ0n) is 13.7. The van der Waals surface area contributed by atoms with Gasteiger partial charge in [0.25, 0.3) is 0 Å². The minimum absolute atomic E-state index is 0.0698. The number of rotatable bonds is 4. The normalized spacial score (nSPS) is 21.7. The maximum Gasteiger partial charge on any atom is 0.337 e. The molecule has 1 aromatic rings. The van der Waals surface area contributed by atoms with Crippen molar-refractivity contribution in [3.8, 4) is 0 Å². The van der Waals surface area contributed by atoms with E-state index in [9.17, 15) is 9.59 Å². The Balaban J connectivity index is 1.59. The van der Waals surface area contributed by atoms with Crippen molar-refractivity contribution >= 4 is 11.9 Å². The van der Waals surface area contributed by atoms with Gasteiger partial charge >= 0.3 is 5.97 Å². The van der Waals surface area contributed by atoms with Crippen molar-refractivity contribution in [1.29, 1.82) is 0 Å². The predicted octanol–water partition coefficient (Wildman–Crippen LogP) is 2.31. The third-order valence-corrected chi connectivity index (χ3v) is 5.43. The van der Waals surface area contributed by atoms with E-state index in [1.165, 1.54) is 26.4 Å². The quantitative estimate of drug-likeness (QED) is 0.835. The molecular formula is C18H24N2O3. The maximum absolute atomic E-state index is 12.5. The summed E-state index contributed by atoms with van der Waals surface area (Å²) in [6, 6.07) is 6.92. The number of amides is 1. The number of carbonyl (C=O) groups excluding carboxylic acids is 2. The van der Waals surface area contributed by atoms with Gasteiger partial charge in [0.2, 0.25) is 5.91 Å². The van der Waals surface area contributed by atoms with Crippen LogP contribution in [0, 0.1) is 5.41 Å². The highest BCUT2D eigenvalue weighted by atomic mass is 16.5. The zero-order chi connectivity index (χ0) is 16.7. The predicted molar refractivity (Wildman–Crippen MR) is 86.8 cm³/mol. The van der Waals surface area contributed by atoms with Gasteiger partial charge < -0.3 is 15.8 Å². The summed E-state index contributed by atoms with van der Waals surface area (Å²) in [5.41, 5.74) is 7.35. The number of benzene rings is 1. The number of nitrogens with two attached hydrogens (primary N) is 1. The van der Waals surface area contributed by atoms with Gasteiger partial charge in [0, 0.05) is 0 Å². The summed E-state index contributed by atoms with van der Waals surface area (Å²) in [7, 11) is 1.35. The molecule has 0 bridgehead atoms. The Kier molecular flexibility index (Phi) is 3.92. The number of methoxy groups -OCH3 is 1. The van der Waals surface area contributed by atoms with Crippen molar-refractivity contribution in [3.05, 3.63) is 35.4 Å². The smallest absolute Gasteiger partial charge is 0.337 e. The fourth-order valence-electron chi connectivity index (χ4n) is 3.93. The van der Waals surface area contributed by atoms with Gasteiger partial charge in [-0.25, -0.2) is 4.79 Å². The lowest BCUT2D eigenvalue weighted by atomic mass is 9.48. The molecule has 1 atom stereocenters. The largest absolute Gasteiger partial charge is 0.465 e. The lowest BCUT2D eigenvalue weighted by Gasteiger charge is -2.58. The molecular weight excluding hydrogens is 292 g/mol. The first kappa shape index (κ1) is 16.0. The number of carbonyl (C=O) groups is 2. The molecule has 2 aliphatic carbocycles. The van der Waals surface area contributed by atoms with Crippen molar-refractivity contribution in [2.24, 2.45) is 11.1 Å². The Hall–Kier alpha value is -1.88. The molecule has 3 rings (SSSR count). The monoisotopic (exact) mass is 316 g/mol. The van der Waals surface area contributed by atoms with Crippen LogP contribution >= 0.6 is 0 Å². The number of ether oxygens (including phenoxy) is 1. The molecule has 23 heavy (non-hydrogen) atoms. The van der Waals surface area contributed by atoms with Gasteiger partial charge in [-0.15, -0.1) is 0 Å². The average Bonchev–Trinajstić information content (AvgIpc) is 2.49. The zero-order valence-corrected chi connectivity index (χ0v) is 13.7. The van der Waals surface area contributed by atoms with Crippen LogP contribution in [0.1, 0.15) is 61.0 Å². The summed E-state index contributed by atoms with van der Waals surface area (Å²) >= 11 is 0. The molecule has 0 saturated heterocycles. The van der Waals surface area contributed by atoms with E-state index in [1.54, 1.807) is 12.1 Å². The molecule has 2 fully saturated rings. The maximum atomic E-state index is 12.5. The second kappa shape index (κ2) is 5.64. The van der Waals surface area contributed by atoms with Crippen LogP contribution in [0.2, 0.25) is 0 Å². The fourth-order valence-corrected chi connectivity index (χ4v) is 3.93. The third-order valence-electron chi connectivity index (χ3n) is 5.43. The molecule has 2 aliphatic rings. The van der Waals surface area contributed by atoms with Crippen molar-refractivity contribution in [2.75, 3.05) is 7.11 Å². The SMILES string of the molecule is COC(=O)c1ccc(C(C)NC(=O)C2(N)CC3(CCC3)C2)cc1. The lowest BCUT2D eigenvalue weighted by Crippen LogP contribution is -2.67. The molecule has 1 aromatic carbocycles. The second-order valence-corrected chi connectivity index (χ2v) is 7.17. The molecule has 5 nitrogen and oxygen atoms in total. The minimum Gasteiger partial charge on any atom is -0.465 e. The highest BCUT2D eigenvalue weighted by molar-refractivity contribution is 5.89. The summed E-state index contributed by atoms with van der Waals surface area (Å²) in [5.74, 6) is -0.436. The molecule has 2 saturated carbocycles. The molecule has 0 aromatic heterocycles. The van der Waals surface area contributed by atoms with Gasteiger partial charge in [0.05, 0.1) is 24.3 Å². The van der Waals surface area contributed by atoms with Gasteiger partial charge in [-0.3, -0.25) is 4.79 Å². The Morgan fingerprint density at radius 3 is 2.30 bits per heavy atom. The average molecular weight is 316 g/mol. The van der Waals surface area contributed by atoms with Gasteiger partial charge in [0.15, 0.2) is 0 Å². The van der Waals surface area contributed by atoms with Crippen molar-refractivity contribution in [1.82, 2.24) is 5.32 Å². The summed E-state index contributed by atoms with van der Waals surface area (Å²) in [5, 5.41) is 3.01. The van der Waals surface area contributed by atoms with E-state index in [4.69, 9.17) is 5.73 Å². The summed E-state index contributed by atoms with van der Waals surface area (Å²) in [4.78, 5) is 23.9. The molecule has 1 unspecified atom stereocenters. The van der Waals surface area contributed by atoms with Gasteiger partial charge in [-0.1, -0.05) is 18.6 Å². The van der Waals surface area contributed by atoms with Gasteiger partial charge in [-0.05, 0) is 55.7 Å². The van der Waals surface area contributed by atoms with Crippen LogP contribution in [0.3, 0.4) is 0 Å². The van der Waals surface area contributed by atoms with Crippen LogP contribution < -0.4 is 11.1 Å². The number of hydrogen-bond donors (Lipinski definition) is 2. The van der Waals surface area contributed by atoms with E-state index in [2.05, 4.69) is 10.1 Å². The standard InChI is InChI=1S/C18H24N2O3/c1-12(13-4-6-14(7-5-13)15(21)23-2)20-16(22)18(19)10-17(11-18)8-3-9-17/h4-7,12H,3,8-11,19H2,1-2H3,(H,20,22). The summed E-state index contributed by atoms with van der Waals surface area (Å²) in [6.07, 6.45) is 5.30. The van der Waals surface area contributed by atoms with Gasteiger partial charge in [0.1, 0.15) is 0 Å². The van der Waals surface area contributed by atoms with Crippen LogP contribution in [0.25, 0.3) is 0 Å². The second-order valence-electron chi connectivity index (χ2n) is 7.17. The molecule has 0 heterocycles. The molecule has 1 spiro atoms. The Bertz CT molecular complexity index is 612. The minimum atomic E-state index is -0.708. The Morgan fingerprint density at radius 2 is 1.83 bits per heavy atom. The molecule has 0 radical (unpaired) electrons. The van der Waals surface area contributed by atoms with Gasteiger partial charge in [-0.2, -0.15) is 0 Å². The fraction of sp³-hybridized carbons (Fsp3) is 0.556. The van der Waals surface area contributed by atoms with E-state index < -0.39 is 5.54 Å². The van der Waals surface area contributed by atoms with Crippen LogP contribution in [-0.4, -0.2) is 24.5 Å². The highest BCUT2D eigenvalue weighted by Gasteiger charge is 2.58. The topological polar surface area (TPSA) is 81.4 Å². The van der Waals surface area contributed by atoms with E-state index in [0.29, 0.717) is 11.0 Å². The van der Waals surface area contributed by atoms with E-state index in [0.717, 1.165) is 18.4 Å². The molecule has 0 aliphatic heterocycles. The van der Waals surface area contributed by atoms with E-state index >= 15 is 0 Å². The molecule has 1 amide bonds. The summed E-state index contributed by atoms with van der Waals surface area (Å²) < 4.78 is 4.68. The third kappa shape index (κ3) is 2.85. The molecule has 5 heteroatoms. The van der Waals surface area contributed by atoms with Crippen molar-refractivity contribution in [3.63, 3.8) is 0 Å². The number of esters is 1. The Morgan fingerprint density at radius 1 is 1.22 bits per heavy atom. The van der Waals surface area contributed by atoms with E-state index in [1.807, 2.05) is 19.1 Å². The highest BCUT2D eigenvalue weighted by Crippen LogP contribution is 2.59. The van der Waals surface area contributed by atoms with Crippen LogP contribution in [0.5, 0.6) is 0 Å². The number of nitrogens with one attached hydrogen (secondary N) is 1. The molecule has 124 valence electrons. The summed E-state index contributed by atoms with van der Waals surface area (Å²) in [6.45, 7) is 1.92. The first-order valence-electron chi connectivity index (χ1n) is 8.16. The Labute approximate surface area is 136 Å². The first-order valence-corrected chi connectivity index (χ1v) is 8.16. The van der Waals surface area contributed by atoms with Crippen molar-refractivity contribution in [2.45, 2.75) is 50.6 Å². The van der Waals surface area contributed by atoms with Crippen LogP contribution in [0.4, 0.5) is 0 Å². The lowest BCUT2D eigenvalue weighted by molar-refractivity contribution is -0.141. The number of hydrogen-bond acceptors (Lipinski definition) is 4.